The van der Waals surface area contributed by atoms with Crippen LogP contribution in [0.4, 0.5) is 15.8 Å². The maximum atomic E-state index is 12.6. The maximum Gasteiger partial charge on any atom is 0.125 e. The Kier molecular flexibility index (Phi) is 3.55. The van der Waals surface area contributed by atoms with Gasteiger partial charge in [-0.3, -0.25) is 0 Å². The van der Waals surface area contributed by atoms with Gasteiger partial charge in [-0.25, -0.2) is 4.39 Å². The van der Waals surface area contributed by atoms with Gasteiger partial charge in [0.1, 0.15) is 5.82 Å². The second-order valence-electron chi connectivity index (χ2n) is 3.01. The summed E-state index contributed by atoms with van der Waals surface area (Å²) in [6.45, 7) is 3.00. The summed E-state index contributed by atoms with van der Waals surface area (Å²) < 4.78 is 12.6. The Balaban J connectivity index is 2.56. The summed E-state index contributed by atoms with van der Waals surface area (Å²) >= 11 is 0. The molecule has 2 nitrogen and oxygen atoms in total. The van der Waals surface area contributed by atoms with Crippen LogP contribution in [0.5, 0.6) is 0 Å². The van der Waals surface area contributed by atoms with Crippen LogP contribution in [0.1, 0.15) is 19.8 Å². The van der Waals surface area contributed by atoms with Gasteiger partial charge in [0.05, 0.1) is 11.4 Å². The third-order valence-corrected chi connectivity index (χ3v) is 1.86. The first-order valence-corrected chi connectivity index (χ1v) is 4.53. The number of halogens is 1. The number of unbranched alkanes of at least 4 members (excludes halogenated alkanes) is 1. The Morgan fingerprint density at radius 2 is 2.23 bits per heavy atom. The molecule has 72 valence electrons. The number of anilines is 2. The molecule has 1 aromatic carbocycles. The number of nitrogen functional groups attached to an aromatic ring is 1. The predicted molar refractivity (Wildman–Crippen MR) is 54.2 cm³/mol. The van der Waals surface area contributed by atoms with Gasteiger partial charge in [0.15, 0.2) is 0 Å². The summed E-state index contributed by atoms with van der Waals surface area (Å²) in [7, 11) is 0. The lowest BCUT2D eigenvalue weighted by atomic mass is 10.2. The molecule has 0 bridgehead atoms. The number of hydrogen-bond acceptors (Lipinski definition) is 2. The molecule has 0 aliphatic heterocycles. The molecule has 0 aliphatic carbocycles. The van der Waals surface area contributed by atoms with E-state index in [2.05, 4.69) is 12.2 Å². The monoisotopic (exact) mass is 182 g/mol. The second kappa shape index (κ2) is 4.70. The van der Waals surface area contributed by atoms with E-state index in [9.17, 15) is 4.39 Å². The SMILES string of the molecule is CCCCNc1ccc(F)cc1N. The number of nitrogens with two attached hydrogens (primary N) is 1. The fourth-order valence-corrected chi connectivity index (χ4v) is 1.09. The lowest BCUT2D eigenvalue weighted by molar-refractivity contribution is 0.628. The zero-order valence-electron chi connectivity index (χ0n) is 7.81. The number of hydrogen-bond donors (Lipinski definition) is 2. The second-order valence-corrected chi connectivity index (χ2v) is 3.01. The summed E-state index contributed by atoms with van der Waals surface area (Å²) in [5, 5.41) is 3.15. The van der Waals surface area contributed by atoms with Crippen molar-refractivity contribution in [2.75, 3.05) is 17.6 Å². The van der Waals surface area contributed by atoms with Crippen LogP contribution in [-0.4, -0.2) is 6.54 Å². The van der Waals surface area contributed by atoms with Crippen LogP contribution < -0.4 is 11.1 Å². The van der Waals surface area contributed by atoms with E-state index in [0.717, 1.165) is 25.1 Å². The van der Waals surface area contributed by atoms with E-state index in [4.69, 9.17) is 5.73 Å². The van der Waals surface area contributed by atoms with Crippen molar-refractivity contribution in [1.82, 2.24) is 0 Å². The van der Waals surface area contributed by atoms with Gasteiger partial charge in [-0.2, -0.15) is 0 Å². The van der Waals surface area contributed by atoms with E-state index in [-0.39, 0.29) is 5.82 Å². The predicted octanol–water partition coefficient (Wildman–Crippen LogP) is 2.62. The van der Waals surface area contributed by atoms with Gasteiger partial charge in [-0.05, 0) is 24.6 Å². The van der Waals surface area contributed by atoms with E-state index in [0.29, 0.717) is 5.69 Å². The van der Waals surface area contributed by atoms with Crippen molar-refractivity contribution in [3.8, 4) is 0 Å². The summed E-state index contributed by atoms with van der Waals surface area (Å²) in [6, 6.07) is 4.40. The molecule has 1 rings (SSSR count). The van der Waals surface area contributed by atoms with Gasteiger partial charge in [0, 0.05) is 6.54 Å². The quantitative estimate of drug-likeness (QED) is 0.555. The van der Waals surface area contributed by atoms with E-state index in [1.54, 1.807) is 6.07 Å². The van der Waals surface area contributed by atoms with Crippen molar-refractivity contribution in [2.24, 2.45) is 0 Å². The molecule has 3 N–H and O–H groups in total. The molecule has 0 unspecified atom stereocenters. The summed E-state index contributed by atoms with van der Waals surface area (Å²) in [5.41, 5.74) is 6.88. The smallest absolute Gasteiger partial charge is 0.125 e. The van der Waals surface area contributed by atoms with Gasteiger partial charge in [-0.1, -0.05) is 13.3 Å². The molecule has 1 aromatic rings. The highest BCUT2D eigenvalue weighted by molar-refractivity contribution is 5.65. The minimum absolute atomic E-state index is 0.293. The standard InChI is InChI=1S/C10H15FN2/c1-2-3-6-13-10-5-4-8(11)7-9(10)12/h4-5,7,13H,2-3,6,12H2,1H3. The summed E-state index contributed by atoms with van der Waals surface area (Å²) in [4.78, 5) is 0. The Morgan fingerprint density at radius 3 is 2.85 bits per heavy atom. The van der Waals surface area contributed by atoms with Gasteiger partial charge in [0.2, 0.25) is 0 Å². The molecule has 0 fully saturated rings. The largest absolute Gasteiger partial charge is 0.397 e. The topological polar surface area (TPSA) is 38.0 Å². The highest BCUT2D eigenvalue weighted by Gasteiger charge is 1.98. The average molecular weight is 182 g/mol. The maximum absolute atomic E-state index is 12.6. The average Bonchev–Trinajstić information content (AvgIpc) is 2.09. The lowest BCUT2D eigenvalue weighted by Gasteiger charge is -2.07. The fourth-order valence-electron chi connectivity index (χ4n) is 1.09. The summed E-state index contributed by atoms with van der Waals surface area (Å²) in [5.74, 6) is -0.293. The van der Waals surface area contributed by atoms with Crippen molar-refractivity contribution in [2.45, 2.75) is 19.8 Å². The van der Waals surface area contributed by atoms with Gasteiger partial charge in [0.25, 0.3) is 0 Å². The zero-order valence-corrected chi connectivity index (χ0v) is 7.81. The Bertz CT molecular complexity index is 274. The van der Waals surface area contributed by atoms with Gasteiger partial charge >= 0.3 is 0 Å². The van der Waals surface area contributed by atoms with Crippen LogP contribution in [0.15, 0.2) is 18.2 Å². The van der Waals surface area contributed by atoms with Crippen molar-refractivity contribution in [1.29, 1.82) is 0 Å². The van der Waals surface area contributed by atoms with Gasteiger partial charge in [-0.15, -0.1) is 0 Å². The molecule has 0 saturated carbocycles. The van der Waals surface area contributed by atoms with E-state index < -0.39 is 0 Å². The molecule has 3 heteroatoms. The number of rotatable bonds is 4. The molecular formula is C10H15FN2. The Hall–Kier alpha value is -1.25. The van der Waals surface area contributed by atoms with E-state index in [1.807, 2.05) is 0 Å². The van der Waals surface area contributed by atoms with Crippen molar-refractivity contribution >= 4 is 11.4 Å². The van der Waals surface area contributed by atoms with Crippen LogP contribution in [0, 0.1) is 5.82 Å². The van der Waals surface area contributed by atoms with E-state index in [1.165, 1.54) is 12.1 Å². The highest BCUT2D eigenvalue weighted by atomic mass is 19.1. The molecule has 0 saturated heterocycles. The number of nitrogens with one attached hydrogen (secondary N) is 1. The molecular weight excluding hydrogens is 167 g/mol. The van der Waals surface area contributed by atoms with Crippen LogP contribution in [0.2, 0.25) is 0 Å². The first kappa shape index (κ1) is 9.84. The Labute approximate surface area is 77.9 Å². The van der Waals surface area contributed by atoms with Crippen LogP contribution in [0.25, 0.3) is 0 Å². The minimum atomic E-state index is -0.293. The molecule has 0 radical (unpaired) electrons. The highest BCUT2D eigenvalue weighted by Crippen LogP contribution is 2.18. The normalized spacial score (nSPS) is 10.0. The van der Waals surface area contributed by atoms with Crippen LogP contribution >= 0.6 is 0 Å². The first-order chi connectivity index (χ1) is 6.24. The molecule has 0 aliphatic rings. The molecule has 13 heavy (non-hydrogen) atoms. The summed E-state index contributed by atoms with van der Waals surface area (Å²) in [6.07, 6.45) is 2.23. The molecule has 0 atom stereocenters. The van der Waals surface area contributed by atoms with E-state index >= 15 is 0 Å². The van der Waals surface area contributed by atoms with Crippen molar-refractivity contribution in [3.05, 3.63) is 24.0 Å². The zero-order chi connectivity index (χ0) is 9.68. The Morgan fingerprint density at radius 1 is 1.46 bits per heavy atom. The van der Waals surface area contributed by atoms with Crippen molar-refractivity contribution in [3.63, 3.8) is 0 Å². The molecule has 0 aromatic heterocycles. The van der Waals surface area contributed by atoms with Crippen LogP contribution in [0.3, 0.4) is 0 Å². The lowest BCUT2D eigenvalue weighted by Crippen LogP contribution is -2.03. The van der Waals surface area contributed by atoms with Crippen LogP contribution in [-0.2, 0) is 0 Å². The minimum Gasteiger partial charge on any atom is -0.397 e. The molecule has 0 amide bonds. The third kappa shape index (κ3) is 2.93. The number of benzene rings is 1. The molecule has 0 spiro atoms. The van der Waals surface area contributed by atoms with Crippen molar-refractivity contribution < 1.29 is 4.39 Å². The molecule has 0 heterocycles. The van der Waals surface area contributed by atoms with Gasteiger partial charge < -0.3 is 11.1 Å². The first-order valence-electron chi connectivity index (χ1n) is 4.53. The third-order valence-electron chi connectivity index (χ3n) is 1.86. The fraction of sp³-hybridized carbons (Fsp3) is 0.400.